The summed E-state index contributed by atoms with van der Waals surface area (Å²) in [7, 11) is 0. The van der Waals surface area contributed by atoms with Crippen LogP contribution in [0.15, 0.2) is 144 Å². The number of benzene rings is 6. The van der Waals surface area contributed by atoms with E-state index >= 15 is 0 Å². The molecule has 1 aliphatic heterocycles. The lowest BCUT2D eigenvalue weighted by molar-refractivity contribution is 0.306. The molecule has 2 aromatic heterocycles. The van der Waals surface area contributed by atoms with E-state index in [1.54, 1.807) is 0 Å². The molecule has 2 aliphatic rings. The van der Waals surface area contributed by atoms with Crippen LogP contribution >= 0.6 is 0 Å². The Labute approximate surface area is 301 Å². The van der Waals surface area contributed by atoms with Gasteiger partial charge in [0, 0.05) is 49.6 Å². The second kappa shape index (κ2) is 12.1. The van der Waals surface area contributed by atoms with Crippen molar-refractivity contribution in [3.05, 3.63) is 156 Å². The van der Waals surface area contributed by atoms with Crippen molar-refractivity contribution < 1.29 is 9.15 Å². The number of furan rings is 1. The molecule has 5 nitrogen and oxygen atoms in total. The Morgan fingerprint density at radius 2 is 1.29 bits per heavy atom. The molecule has 0 unspecified atom stereocenters. The molecule has 6 aromatic carbocycles. The van der Waals surface area contributed by atoms with Crippen molar-refractivity contribution in [2.45, 2.75) is 37.5 Å². The monoisotopic (exact) mass is 671 g/mol. The van der Waals surface area contributed by atoms with Crippen molar-refractivity contribution in [1.29, 1.82) is 5.26 Å². The summed E-state index contributed by atoms with van der Waals surface area (Å²) in [4.78, 5) is 10.3. The van der Waals surface area contributed by atoms with E-state index in [1.165, 1.54) is 17.5 Å². The van der Waals surface area contributed by atoms with Crippen LogP contribution in [0.2, 0.25) is 0 Å². The highest BCUT2D eigenvalue weighted by Crippen LogP contribution is 2.55. The predicted molar refractivity (Wildman–Crippen MR) is 206 cm³/mol. The van der Waals surface area contributed by atoms with Gasteiger partial charge in [-0.05, 0) is 60.9 Å². The van der Waals surface area contributed by atoms with Crippen LogP contribution in [0.5, 0.6) is 11.5 Å². The van der Waals surface area contributed by atoms with Crippen molar-refractivity contribution >= 4 is 21.9 Å². The smallest absolute Gasteiger partial charge is 0.160 e. The quantitative estimate of drug-likeness (QED) is 0.186. The number of para-hydroxylation sites is 2. The molecule has 0 amide bonds. The summed E-state index contributed by atoms with van der Waals surface area (Å²) in [5, 5.41) is 11.9. The highest BCUT2D eigenvalue weighted by atomic mass is 16.5. The van der Waals surface area contributed by atoms with Gasteiger partial charge in [-0.2, -0.15) is 5.26 Å². The number of ether oxygens (including phenoxy) is 1. The fourth-order valence-corrected chi connectivity index (χ4v) is 8.44. The molecule has 1 saturated carbocycles. The first-order valence-electron chi connectivity index (χ1n) is 18.0. The number of fused-ring (bicyclic) bond motifs is 7. The van der Waals surface area contributed by atoms with E-state index in [1.807, 2.05) is 42.5 Å². The molecule has 8 aromatic rings. The van der Waals surface area contributed by atoms with Gasteiger partial charge in [-0.25, -0.2) is 9.97 Å². The van der Waals surface area contributed by atoms with Crippen molar-refractivity contribution in [1.82, 2.24) is 9.97 Å². The molecule has 52 heavy (non-hydrogen) atoms. The maximum absolute atomic E-state index is 9.62. The molecule has 1 fully saturated rings. The molecule has 0 bridgehead atoms. The summed E-state index contributed by atoms with van der Waals surface area (Å²) in [5.74, 6) is 2.35. The molecule has 0 N–H and O–H groups in total. The third-order valence-electron chi connectivity index (χ3n) is 11.0. The standard InChI is InChI=1S/C47H33N3O2/c48-29-30-16-22-38-44(26-30)51-43-23-21-34(27-39(43)47(38)24-7-2-8-25-47)41-28-40(49-46(50-41)33-10-3-1-4-11-33)32-19-17-31(18-20-32)35-13-9-14-37-36-12-5-6-15-42(36)52-45(35)37/h1,3-6,9-23,26-28H,2,7-8,24-25H2. The van der Waals surface area contributed by atoms with Gasteiger partial charge in [0.2, 0.25) is 0 Å². The van der Waals surface area contributed by atoms with Crippen LogP contribution in [0, 0.1) is 11.3 Å². The van der Waals surface area contributed by atoms with Crippen molar-refractivity contribution in [3.63, 3.8) is 0 Å². The highest BCUT2D eigenvalue weighted by molar-refractivity contribution is 6.09. The molecule has 10 rings (SSSR count). The molecule has 5 heteroatoms. The Balaban J connectivity index is 1.08. The zero-order valence-electron chi connectivity index (χ0n) is 28.5. The highest BCUT2D eigenvalue weighted by Gasteiger charge is 2.43. The Morgan fingerprint density at radius 3 is 2.12 bits per heavy atom. The minimum Gasteiger partial charge on any atom is -0.457 e. The Hall–Kier alpha value is -6.51. The van der Waals surface area contributed by atoms with Crippen molar-refractivity contribution in [2.75, 3.05) is 0 Å². The first-order chi connectivity index (χ1) is 25.7. The van der Waals surface area contributed by atoms with E-state index in [9.17, 15) is 5.26 Å². The third-order valence-corrected chi connectivity index (χ3v) is 11.0. The number of nitriles is 1. The maximum Gasteiger partial charge on any atom is 0.160 e. The molecule has 0 radical (unpaired) electrons. The van der Waals surface area contributed by atoms with Gasteiger partial charge in [0.05, 0.1) is 23.0 Å². The van der Waals surface area contributed by atoms with Crippen LogP contribution in [-0.2, 0) is 5.41 Å². The van der Waals surface area contributed by atoms with Gasteiger partial charge in [-0.3, -0.25) is 0 Å². The van der Waals surface area contributed by atoms with Crippen LogP contribution < -0.4 is 4.74 Å². The number of hydrogen-bond acceptors (Lipinski definition) is 5. The summed E-state index contributed by atoms with van der Waals surface area (Å²) in [6.07, 6.45) is 5.62. The predicted octanol–water partition coefficient (Wildman–Crippen LogP) is 12.3. The molecule has 1 spiro atoms. The average Bonchev–Trinajstić information content (AvgIpc) is 3.60. The van der Waals surface area contributed by atoms with Gasteiger partial charge < -0.3 is 9.15 Å². The zero-order chi connectivity index (χ0) is 34.6. The minimum atomic E-state index is -0.165. The van der Waals surface area contributed by atoms with E-state index in [-0.39, 0.29) is 5.41 Å². The first-order valence-corrected chi connectivity index (χ1v) is 18.0. The SMILES string of the molecule is N#Cc1ccc2c(c1)Oc1ccc(-c3cc(-c4ccc(-c5cccc6c5oc5ccccc56)cc4)nc(-c4ccccc4)n3)cc1C21CCCCC1. The summed E-state index contributed by atoms with van der Waals surface area (Å²) in [6, 6.07) is 50.1. The molecular formula is C47H33N3O2. The van der Waals surface area contributed by atoms with Gasteiger partial charge in [0.25, 0.3) is 0 Å². The topological polar surface area (TPSA) is 71.9 Å². The maximum atomic E-state index is 9.62. The molecule has 0 saturated heterocycles. The lowest BCUT2D eigenvalue weighted by Crippen LogP contribution is -2.33. The van der Waals surface area contributed by atoms with Gasteiger partial charge in [-0.15, -0.1) is 0 Å². The largest absolute Gasteiger partial charge is 0.457 e. The van der Waals surface area contributed by atoms with E-state index in [4.69, 9.17) is 19.1 Å². The van der Waals surface area contributed by atoms with Gasteiger partial charge in [-0.1, -0.05) is 116 Å². The summed E-state index contributed by atoms with van der Waals surface area (Å²) in [6.45, 7) is 0. The second-order valence-corrected chi connectivity index (χ2v) is 14.0. The van der Waals surface area contributed by atoms with Crippen molar-refractivity contribution in [2.24, 2.45) is 0 Å². The zero-order valence-corrected chi connectivity index (χ0v) is 28.5. The average molecular weight is 672 g/mol. The third kappa shape index (κ3) is 4.91. The van der Waals surface area contributed by atoms with Gasteiger partial charge >= 0.3 is 0 Å². The number of aromatic nitrogens is 2. The normalized spacial score (nSPS) is 14.4. The summed E-state index contributed by atoms with van der Waals surface area (Å²) in [5.41, 5.74) is 11.5. The molecular weight excluding hydrogens is 639 g/mol. The van der Waals surface area contributed by atoms with Gasteiger partial charge in [0.15, 0.2) is 5.82 Å². The molecule has 0 atom stereocenters. The number of rotatable bonds is 4. The molecule has 248 valence electrons. The first kappa shape index (κ1) is 30.3. The van der Waals surface area contributed by atoms with E-state index < -0.39 is 0 Å². The van der Waals surface area contributed by atoms with E-state index in [2.05, 4.69) is 103 Å². The van der Waals surface area contributed by atoms with E-state index in [0.717, 1.165) is 98.3 Å². The number of nitrogens with zero attached hydrogens (tertiary/aromatic N) is 3. The van der Waals surface area contributed by atoms with Crippen LogP contribution in [-0.4, -0.2) is 9.97 Å². The van der Waals surface area contributed by atoms with Crippen LogP contribution in [0.4, 0.5) is 0 Å². The second-order valence-electron chi connectivity index (χ2n) is 14.0. The summed E-state index contributed by atoms with van der Waals surface area (Å²) < 4.78 is 12.9. The number of hydrogen-bond donors (Lipinski definition) is 0. The van der Waals surface area contributed by atoms with Crippen LogP contribution in [0.25, 0.3) is 67.0 Å². The Kier molecular flexibility index (Phi) is 7.04. The Morgan fingerprint density at radius 1 is 0.558 bits per heavy atom. The Bertz CT molecular complexity index is 2700. The fourth-order valence-electron chi connectivity index (χ4n) is 8.44. The fraction of sp³-hybridized carbons (Fsp3) is 0.128. The van der Waals surface area contributed by atoms with Crippen molar-refractivity contribution in [3.8, 4) is 62.6 Å². The van der Waals surface area contributed by atoms with E-state index in [0.29, 0.717) is 11.4 Å². The molecule has 3 heterocycles. The lowest BCUT2D eigenvalue weighted by atomic mass is 9.63. The molecule has 1 aliphatic carbocycles. The lowest BCUT2D eigenvalue weighted by Gasteiger charge is -2.43. The summed E-state index contributed by atoms with van der Waals surface area (Å²) >= 11 is 0. The van der Waals surface area contributed by atoms with Gasteiger partial charge in [0.1, 0.15) is 22.7 Å². The van der Waals surface area contributed by atoms with Crippen LogP contribution in [0.1, 0.15) is 48.8 Å². The van der Waals surface area contributed by atoms with Crippen LogP contribution in [0.3, 0.4) is 0 Å². The minimum absolute atomic E-state index is 0.165.